The topological polar surface area (TPSA) is 42.3 Å². The standard InChI is InChI=1S/C14H28N4/c1-5-16-14(3,11-15)12-17(4)13-7-9-18(6-2)10-8-13/h13,16H,5-10,12H2,1-4H3. The van der Waals surface area contributed by atoms with Gasteiger partial charge in [0.1, 0.15) is 5.54 Å². The molecule has 4 nitrogen and oxygen atoms in total. The number of hydrogen-bond acceptors (Lipinski definition) is 4. The van der Waals surface area contributed by atoms with E-state index < -0.39 is 5.54 Å². The summed E-state index contributed by atoms with van der Waals surface area (Å²) in [6.07, 6.45) is 2.44. The van der Waals surface area contributed by atoms with Gasteiger partial charge in [-0.2, -0.15) is 5.26 Å². The third kappa shape index (κ3) is 4.24. The van der Waals surface area contributed by atoms with Gasteiger partial charge in [0.25, 0.3) is 0 Å². The Morgan fingerprint density at radius 1 is 1.39 bits per heavy atom. The van der Waals surface area contributed by atoms with E-state index in [1.54, 1.807) is 0 Å². The quantitative estimate of drug-likeness (QED) is 0.773. The summed E-state index contributed by atoms with van der Waals surface area (Å²) in [7, 11) is 2.15. The highest BCUT2D eigenvalue weighted by molar-refractivity contribution is 5.05. The van der Waals surface area contributed by atoms with Crippen LogP contribution in [0.25, 0.3) is 0 Å². The molecule has 1 fully saturated rings. The zero-order chi connectivity index (χ0) is 13.6. The van der Waals surface area contributed by atoms with Crippen LogP contribution in [0.1, 0.15) is 33.6 Å². The molecule has 1 aliphatic heterocycles. The minimum atomic E-state index is -0.425. The highest BCUT2D eigenvalue weighted by Crippen LogP contribution is 2.17. The number of hydrogen-bond donors (Lipinski definition) is 1. The minimum Gasteiger partial charge on any atom is -0.303 e. The molecule has 0 saturated carbocycles. The van der Waals surface area contributed by atoms with E-state index in [9.17, 15) is 5.26 Å². The minimum absolute atomic E-state index is 0.425. The first-order valence-electron chi connectivity index (χ1n) is 7.13. The molecule has 0 amide bonds. The lowest BCUT2D eigenvalue weighted by molar-refractivity contribution is 0.116. The van der Waals surface area contributed by atoms with Gasteiger partial charge in [-0.15, -0.1) is 0 Å². The summed E-state index contributed by atoms with van der Waals surface area (Å²) < 4.78 is 0. The number of rotatable bonds is 6. The van der Waals surface area contributed by atoms with Gasteiger partial charge in [0, 0.05) is 12.6 Å². The molecule has 4 heteroatoms. The van der Waals surface area contributed by atoms with Crippen LogP contribution in [0, 0.1) is 11.3 Å². The largest absolute Gasteiger partial charge is 0.303 e. The van der Waals surface area contributed by atoms with Crippen molar-refractivity contribution >= 4 is 0 Å². The summed E-state index contributed by atoms with van der Waals surface area (Å²) in [5, 5.41) is 12.6. The van der Waals surface area contributed by atoms with Crippen LogP contribution in [0.15, 0.2) is 0 Å². The zero-order valence-corrected chi connectivity index (χ0v) is 12.4. The molecule has 1 rings (SSSR count). The number of likely N-dealkylation sites (tertiary alicyclic amines) is 1. The van der Waals surface area contributed by atoms with Gasteiger partial charge >= 0.3 is 0 Å². The molecule has 1 atom stereocenters. The van der Waals surface area contributed by atoms with E-state index in [1.165, 1.54) is 25.9 Å². The van der Waals surface area contributed by atoms with Gasteiger partial charge in [-0.25, -0.2) is 0 Å². The maximum Gasteiger partial charge on any atom is 0.116 e. The van der Waals surface area contributed by atoms with Gasteiger partial charge < -0.3 is 9.80 Å². The van der Waals surface area contributed by atoms with Crippen LogP contribution >= 0.6 is 0 Å². The lowest BCUT2D eigenvalue weighted by Crippen LogP contribution is -2.53. The van der Waals surface area contributed by atoms with E-state index in [4.69, 9.17) is 0 Å². The highest BCUT2D eigenvalue weighted by Gasteiger charge is 2.29. The lowest BCUT2D eigenvalue weighted by Gasteiger charge is -2.39. The van der Waals surface area contributed by atoms with Crippen molar-refractivity contribution < 1.29 is 0 Å². The molecule has 0 aromatic carbocycles. The van der Waals surface area contributed by atoms with Gasteiger partial charge in [-0.05, 0) is 53.0 Å². The Morgan fingerprint density at radius 3 is 2.44 bits per heavy atom. The number of nitrogens with one attached hydrogen (secondary N) is 1. The third-order valence-corrected chi connectivity index (χ3v) is 4.01. The fourth-order valence-corrected chi connectivity index (χ4v) is 2.83. The molecular weight excluding hydrogens is 224 g/mol. The molecule has 1 heterocycles. The van der Waals surface area contributed by atoms with Crippen molar-refractivity contribution in [2.45, 2.75) is 45.2 Å². The highest BCUT2D eigenvalue weighted by atomic mass is 15.2. The Hall–Kier alpha value is -0.630. The van der Waals surface area contributed by atoms with Crippen molar-refractivity contribution in [3.05, 3.63) is 0 Å². The molecule has 0 spiro atoms. The van der Waals surface area contributed by atoms with Gasteiger partial charge in [0.15, 0.2) is 0 Å². The summed E-state index contributed by atoms with van der Waals surface area (Å²) in [5.41, 5.74) is -0.425. The van der Waals surface area contributed by atoms with E-state index in [0.717, 1.165) is 19.6 Å². The monoisotopic (exact) mass is 252 g/mol. The second kappa shape index (κ2) is 7.08. The molecule has 0 bridgehead atoms. The second-order valence-corrected chi connectivity index (χ2v) is 5.55. The third-order valence-electron chi connectivity index (χ3n) is 4.01. The predicted molar refractivity (Wildman–Crippen MR) is 75.5 cm³/mol. The van der Waals surface area contributed by atoms with Gasteiger partial charge in [-0.1, -0.05) is 13.8 Å². The predicted octanol–water partition coefficient (Wildman–Crippen LogP) is 1.29. The summed E-state index contributed by atoms with van der Waals surface area (Å²) in [6.45, 7) is 11.4. The Morgan fingerprint density at radius 2 is 2.00 bits per heavy atom. The van der Waals surface area contributed by atoms with Crippen LogP contribution < -0.4 is 5.32 Å². The van der Waals surface area contributed by atoms with E-state index in [-0.39, 0.29) is 0 Å². The maximum absolute atomic E-state index is 9.30. The normalized spacial score (nSPS) is 21.8. The summed E-state index contributed by atoms with van der Waals surface area (Å²) in [5.74, 6) is 0. The first kappa shape index (κ1) is 15.4. The molecule has 1 aliphatic rings. The Labute approximate surface area is 112 Å². The van der Waals surface area contributed by atoms with E-state index >= 15 is 0 Å². The first-order chi connectivity index (χ1) is 8.54. The molecule has 1 unspecified atom stereocenters. The fraction of sp³-hybridized carbons (Fsp3) is 0.929. The molecule has 0 aromatic heterocycles. The van der Waals surface area contributed by atoms with Crippen molar-refractivity contribution in [3.63, 3.8) is 0 Å². The van der Waals surface area contributed by atoms with Crippen LogP contribution in [-0.4, -0.2) is 61.2 Å². The summed E-state index contributed by atoms with van der Waals surface area (Å²) in [4.78, 5) is 4.86. The number of nitriles is 1. The Kier molecular flexibility index (Phi) is 6.07. The first-order valence-corrected chi connectivity index (χ1v) is 7.13. The molecule has 1 N–H and O–H groups in total. The van der Waals surface area contributed by atoms with E-state index in [0.29, 0.717) is 6.04 Å². The molecule has 0 aromatic rings. The molecule has 104 valence electrons. The molecule has 0 radical (unpaired) electrons. The molecular formula is C14H28N4. The van der Waals surface area contributed by atoms with Crippen LogP contribution in [0.5, 0.6) is 0 Å². The fourth-order valence-electron chi connectivity index (χ4n) is 2.83. The molecule has 1 saturated heterocycles. The van der Waals surface area contributed by atoms with Crippen molar-refractivity contribution in [1.82, 2.24) is 15.1 Å². The lowest BCUT2D eigenvalue weighted by atomic mass is 9.99. The van der Waals surface area contributed by atoms with Crippen LogP contribution in [0.3, 0.4) is 0 Å². The zero-order valence-electron chi connectivity index (χ0n) is 12.4. The Bertz CT molecular complexity index is 278. The van der Waals surface area contributed by atoms with Gasteiger partial charge in [0.2, 0.25) is 0 Å². The van der Waals surface area contributed by atoms with Gasteiger partial charge in [0.05, 0.1) is 6.07 Å². The average Bonchev–Trinajstić information content (AvgIpc) is 2.39. The number of nitrogens with zero attached hydrogens (tertiary/aromatic N) is 3. The van der Waals surface area contributed by atoms with Crippen molar-refractivity contribution in [3.8, 4) is 6.07 Å². The molecule has 0 aliphatic carbocycles. The van der Waals surface area contributed by atoms with E-state index in [2.05, 4.69) is 42.1 Å². The summed E-state index contributed by atoms with van der Waals surface area (Å²) >= 11 is 0. The Balaban J connectivity index is 2.46. The SMILES string of the molecule is CCNC(C)(C#N)CN(C)C1CCN(CC)CC1. The van der Waals surface area contributed by atoms with E-state index in [1.807, 2.05) is 6.92 Å². The molecule has 18 heavy (non-hydrogen) atoms. The van der Waals surface area contributed by atoms with Gasteiger partial charge in [-0.3, -0.25) is 5.32 Å². The van der Waals surface area contributed by atoms with Crippen LogP contribution in [-0.2, 0) is 0 Å². The van der Waals surface area contributed by atoms with Crippen molar-refractivity contribution in [1.29, 1.82) is 5.26 Å². The van der Waals surface area contributed by atoms with Crippen LogP contribution in [0.4, 0.5) is 0 Å². The number of piperidine rings is 1. The van der Waals surface area contributed by atoms with Crippen molar-refractivity contribution in [2.24, 2.45) is 0 Å². The summed E-state index contributed by atoms with van der Waals surface area (Å²) in [6, 6.07) is 3.03. The van der Waals surface area contributed by atoms with Crippen LogP contribution in [0.2, 0.25) is 0 Å². The van der Waals surface area contributed by atoms with Crippen molar-refractivity contribution in [2.75, 3.05) is 39.8 Å². The number of likely N-dealkylation sites (N-methyl/N-ethyl adjacent to an activating group) is 2. The smallest absolute Gasteiger partial charge is 0.116 e. The second-order valence-electron chi connectivity index (χ2n) is 5.55. The maximum atomic E-state index is 9.30. The average molecular weight is 252 g/mol.